The van der Waals surface area contributed by atoms with Gasteiger partial charge in [-0.25, -0.2) is 14.2 Å². The van der Waals surface area contributed by atoms with Crippen LogP contribution in [-0.4, -0.2) is 60.3 Å². The van der Waals surface area contributed by atoms with Gasteiger partial charge in [0.15, 0.2) is 0 Å². The SMILES string of the molecule is O=C(CC[C@@H](COC(=O)Nc1cc2ccccc2cn1)NC(=O)CNCc1cccc(F)c1Cl)NCCO. The van der Waals surface area contributed by atoms with Crippen molar-refractivity contribution in [2.75, 3.05) is 31.6 Å². The molecule has 0 radical (unpaired) electrons. The molecule has 1 atom stereocenters. The zero-order valence-corrected chi connectivity index (χ0v) is 21.3. The molecule has 0 unspecified atom stereocenters. The molecule has 0 aliphatic rings. The molecule has 0 aliphatic heterocycles. The number of hydrogen-bond donors (Lipinski definition) is 5. The highest BCUT2D eigenvalue weighted by Gasteiger charge is 2.17. The minimum Gasteiger partial charge on any atom is -0.447 e. The number of amides is 3. The summed E-state index contributed by atoms with van der Waals surface area (Å²) in [5.41, 5.74) is 0.499. The number of aliphatic hydroxyl groups is 1. The fraction of sp³-hybridized carbons (Fsp3) is 0.308. The monoisotopic (exact) mass is 545 g/mol. The predicted octanol–water partition coefficient (Wildman–Crippen LogP) is 2.74. The van der Waals surface area contributed by atoms with Crippen molar-refractivity contribution in [3.8, 4) is 0 Å². The van der Waals surface area contributed by atoms with E-state index >= 15 is 0 Å². The van der Waals surface area contributed by atoms with Crippen LogP contribution in [0.1, 0.15) is 18.4 Å². The highest BCUT2D eigenvalue weighted by Crippen LogP contribution is 2.19. The number of fused-ring (bicyclic) bond motifs is 1. The van der Waals surface area contributed by atoms with Crippen molar-refractivity contribution in [3.63, 3.8) is 0 Å². The van der Waals surface area contributed by atoms with Crippen molar-refractivity contribution in [1.82, 2.24) is 20.9 Å². The lowest BCUT2D eigenvalue weighted by atomic mass is 10.1. The molecule has 5 N–H and O–H groups in total. The number of anilines is 1. The van der Waals surface area contributed by atoms with Gasteiger partial charge in [-0.05, 0) is 29.5 Å². The van der Waals surface area contributed by atoms with E-state index in [2.05, 4.69) is 26.3 Å². The van der Waals surface area contributed by atoms with Gasteiger partial charge in [-0.2, -0.15) is 0 Å². The van der Waals surface area contributed by atoms with Gasteiger partial charge in [0.1, 0.15) is 18.2 Å². The molecule has 3 amide bonds. The third-order valence-electron chi connectivity index (χ3n) is 5.43. The largest absolute Gasteiger partial charge is 0.447 e. The van der Waals surface area contributed by atoms with Gasteiger partial charge < -0.3 is 25.8 Å². The summed E-state index contributed by atoms with van der Waals surface area (Å²) >= 11 is 5.93. The Bertz CT molecular complexity index is 1260. The quantitative estimate of drug-likeness (QED) is 0.222. The van der Waals surface area contributed by atoms with Crippen LogP contribution in [0, 0.1) is 5.82 Å². The summed E-state index contributed by atoms with van der Waals surface area (Å²) in [6.45, 7) is -0.240. The molecule has 0 aliphatic carbocycles. The Morgan fingerprint density at radius 2 is 1.87 bits per heavy atom. The first kappa shape index (κ1) is 28.8. The summed E-state index contributed by atoms with van der Waals surface area (Å²) in [5.74, 6) is -0.984. The molecule has 12 heteroatoms. The Hall–Kier alpha value is -3.80. The molecule has 0 saturated carbocycles. The maximum atomic E-state index is 13.6. The summed E-state index contributed by atoms with van der Waals surface area (Å²) in [7, 11) is 0. The van der Waals surface area contributed by atoms with E-state index in [9.17, 15) is 18.8 Å². The summed E-state index contributed by atoms with van der Waals surface area (Å²) < 4.78 is 18.9. The topological polar surface area (TPSA) is 142 Å². The van der Waals surface area contributed by atoms with Crippen molar-refractivity contribution in [2.45, 2.75) is 25.4 Å². The molecule has 10 nitrogen and oxygen atoms in total. The molecule has 3 rings (SSSR count). The van der Waals surface area contributed by atoms with E-state index in [1.807, 2.05) is 24.3 Å². The number of rotatable bonds is 13. The maximum Gasteiger partial charge on any atom is 0.412 e. The Kier molecular flexibility index (Phi) is 11.2. The molecule has 0 saturated heterocycles. The summed E-state index contributed by atoms with van der Waals surface area (Å²) in [5, 5.41) is 21.3. The zero-order chi connectivity index (χ0) is 27.3. The predicted molar refractivity (Wildman–Crippen MR) is 141 cm³/mol. The van der Waals surface area contributed by atoms with E-state index in [0.29, 0.717) is 11.4 Å². The number of benzene rings is 2. The van der Waals surface area contributed by atoms with Gasteiger partial charge in [-0.1, -0.05) is 48.0 Å². The fourth-order valence-corrected chi connectivity index (χ4v) is 3.72. The molecule has 2 aromatic carbocycles. The Labute approximate surface area is 223 Å². The van der Waals surface area contributed by atoms with Crippen LogP contribution >= 0.6 is 11.6 Å². The lowest BCUT2D eigenvalue weighted by molar-refractivity contribution is -0.123. The summed E-state index contributed by atoms with van der Waals surface area (Å²) in [6.07, 6.45) is 1.08. The molecule has 0 spiro atoms. The van der Waals surface area contributed by atoms with E-state index in [4.69, 9.17) is 21.4 Å². The zero-order valence-electron chi connectivity index (χ0n) is 20.5. The Balaban J connectivity index is 1.52. The third-order valence-corrected chi connectivity index (χ3v) is 5.85. The van der Waals surface area contributed by atoms with E-state index in [1.165, 1.54) is 12.1 Å². The highest BCUT2D eigenvalue weighted by atomic mass is 35.5. The maximum absolute atomic E-state index is 13.6. The van der Waals surface area contributed by atoms with Crippen LogP contribution < -0.4 is 21.3 Å². The van der Waals surface area contributed by atoms with Crippen molar-refractivity contribution in [1.29, 1.82) is 0 Å². The minimum absolute atomic E-state index is 0.0208. The lowest BCUT2D eigenvalue weighted by Gasteiger charge is -2.19. The van der Waals surface area contributed by atoms with Crippen LogP contribution in [0.15, 0.2) is 54.7 Å². The van der Waals surface area contributed by atoms with Gasteiger partial charge in [0.2, 0.25) is 11.8 Å². The second kappa shape index (κ2) is 14.8. The van der Waals surface area contributed by atoms with E-state index < -0.39 is 23.9 Å². The normalized spacial score (nSPS) is 11.6. The second-order valence-corrected chi connectivity index (χ2v) is 8.71. The number of pyridine rings is 1. The van der Waals surface area contributed by atoms with Crippen molar-refractivity contribution < 1.29 is 28.6 Å². The standard InChI is InChI=1S/C26H29ClFN5O5/c27-25-19(6-3-7-21(25)28)13-29-15-24(36)32-20(8-9-23(35)30-10-11-34)16-38-26(37)33-22-12-17-4-1-2-5-18(17)14-31-22/h1-7,12,14,20,29,34H,8-11,13,15-16H2,(H,30,35)(H,32,36)(H,31,33,37)/t20-/m0/s1. The van der Waals surface area contributed by atoms with Crippen LogP contribution in [0.4, 0.5) is 15.0 Å². The molecular formula is C26H29ClFN5O5. The number of nitrogens with one attached hydrogen (secondary N) is 4. The number of aliphatic hydroxyl groups excluding tert-OH is 1. The van der Waals surface area contributed by atoms with Crippen LogP contribution in [0.3, 0.4) is 0 Å². The highest BCUT2D eigenvalue weighted by molar-refractivity contribution is 6.31. The Morgan fingerprint density at radius 1 is 1.08 bits per heavy atom. The van der Waals surface area contributed by atoms with Gasteiger partial charge in [0.05, 0.1) is 24.2 Å². The van der Waals surface area contributed by atoms with Gasteiger partial charge in [-0.3, -0.25) is 14.9 Å². The number of aromatic nitrogens is 1. The first-order valence-corrected chi connectivity index (χ1v) is 12.3. The fourth-order valence-electron chi connectivity index (χ4n) is 3.53. The summed E-state index contributed by atoms with van der Waals surface area (Å²) in [4.78, 5) is 41.0. The van der Waals surface area contributed by atoms with Crippen molar-refractivity contribution in [3.05, 3.63) is 71.1 Å². The molecule has 202 valence electrons. The van der Waals surface area contributed by atoms with E-state index in [-0.39, 0.29) is 56.6 Å². The van der Waals surface area contributed by atoms with Crippen LogP contribution in [0.2, 0.25) is 5.02 Å². The first-order valence-electron chi connectivity index (χ1n) is 11.9. The van der Waals surface area contributed by atoms with Gasteiger partial charge >= 0.3 is 6.09 Å². The average Bonchev–Trinajstić information content (AvgIpc) is 2.91. The van der Waals surface area contributed by atoms with E-state index in [0.717, 1.165) is 10.8 Å². The van der Waals surface area contributed by atoms with Crippen LogP contribution in [-0.2, 0) is 20.9 Å². The number of ether oxygens (including phenoxy) is 1. The molecular weight excluding hydrogens is 517 g/mol. The smallest absolute Gasteiger partial charge is 0.412 e. The number of halogens is 2. The average molecular weight is 546 g/mol. The van der Waals surface area contributed by atoms with Crippen LogP contribution in [0.5, 0.6) is 0 Å². The van der Waals surface area contributed by atoms with Crippen molar-refractivity contribution >= 4 is 46.1 Å². The number of nitrogens with zero attached hydrogens (tertiary/aromatic N) is 1. The summed E-state index contributed by atoms with van der Waals surface area (Å²) in [6, 6.07) is 13.0. The van der Waals surface area contributed by atoms with Crippen LogP contribution in [0.25, 0.3) is 10.8 Å². The van der Waals surface area contributed by atoms with Gasteiger partial charge in [-0.15, -0.1) is 0 Å². The number of carbonyl (C=O) groups is 3. The van der Waals surface area contributed by atoms with Crippen molar-refractivity contribution in [2.24, 2.45) is 0 Å². The van der Waals surface area contributed by atoms with Gasteiger partial charge in [0.25, 0.3) is 0 Å². The minimum atomic E-state index is -0.768. The number of carbonyl (C=O) groups excluding carboxylic acids is 3. The first-order chi connectivity index (χ1) is 18.4. The van der Waals surface area contributed by atoms with Gasteiger partial charge in [0, 0.05) is 31.1 Å². The molecule has 0 bridgehead atoms. The molecule has 3 aromatic rings. The third kappa shape index (κ3) is 9.25. The molecule has 38 heavy (non-hydrogen) atoms. The molecule has 1 aromatic heterocycles. The number of hydrogen-bond acceptors (Lipinski definition) is 7. The Morgan fingerprint density at radius 3 is 2.66 bits per heavy atom. The van der Waals surface area contributed by atoms with E-state index in [1.54, 1.807) is 18.3 Å². The molecule has 1 heterocycles. The molecule has 0 fully saturated rings. The lowest BCUT2D eigenvalue weighted by Crippen LogP contribution is -2.44. The second-order valence-electron chi connectivity index (χ2n) is 8.33.